The minimum Gasteiger partial charge on any atom is -0.438 e. The highest BCUT2D eigenvalue weighted by Crippen LogP contribution is 2.42. The van der Waals surface area contributed by atoms with Crippen LogP contribution in [0, 0.1) is 5.92 Å². The average Bonchev–Trinajstić information content (AvgIpc) is 3.61. The van der Waals surface area contributed by atoms with Crippen molar-refractivity contribution in [2.75, 3.05) is 6.54 Å². The van der Waals surface area contributed by atoms with E-state index in [-0.39, 0.29) is 36.4 Å². The van der Waals surface area contributed by atoms with Crippen LogP contribution >= 0.6 is 0 Å². The fraction of sp³-hybridized carbons (Fsp3) is 0.520. The Labute approximate surface area is 228 Å². The van der Waals surface area contributed by atoms with Crippen LogP contribution in [0.5, 0.6) is 0 Å². The molecule has 3 aromatic rings. The van der Waals surface area contributed by atoms with Gasteiger partial charge in [0.25, 0.3) is 5.91 Å². The Bertz CT molecular complexity index is 1440. The number of hydrogen-bond acceptors (Lipinski definition) is 5. The molecule has 222 valence electrons. The highest BCUT2D eigenvalue weighted by Gasteiger charge is 2.48. The van der Waals surface area contributed by atoms with Crippen LogP contribution in [0.1, 0.15) is 48.9 Å². The maximum Gasteiger partial charge on any atom is 0.410 e. The van der Waals surface area contributed by atoms with Gasteiger partial charge in [-0.15, -0.1) is 0 Å². The number of alkyl halides is 7. The standard InChI is InChI=1S/C25H25F7N6O3/c1-37-18(6-9-33-37)24(28,29)21(39)36-19(14-4-7-23(26,27)8-5-14)20-34-15-10-13(2-3-16(15)41-20)11-38-12-17(25(30,31)32)35-22(38)40/h2-3,6,9-10,14,17,19H,4-5,7-8,11-12H2,1H3,(H,35,40)(H,36,39)/t17-,19-/m0/s1. The number of oxazole rings is 1. The molecule has 1 saturated carbocycles. The zero-order valence-electron chi connectivity index (χ0n) is 21.5. The van der Waals surface area contributed by atoms with E-state index in [1.165, 1.54) is 25.2 Å². The molecule has 2 fully saturated rings. The second-order valence-corrected chi connectivity index (χ2v) is 10.3. The molecule has 1 aromatic carbocycles. The first kappa shape index (κ1) is 28.7. The number of rotatable bonds is 7. The molecule has 0 spiro atoms. The SMILES string of the molecule is Cn1nccc1C(F)(F)C(=O)N[C@H](c1nc2cc(CN3C[C@@H](C(F)(F)F)NC3=O)ccc2o1)C1CCC(F)(F)CC1. The van der Waals surface area contributed by atoms with Crippen molar-refractivity contribution >= 4 is 23.0 Å². The lowest BCUT2D eigenvalue weighted by atomic mass is 9.82. The lowest BCUT2D eigenvalue weighted by Crippen LogP contribution is -2.44. The van der Waals surface area contributed by atoms with Crippen molar-refractivity contribution in [3.8, 4) is 0 Å². The summed E-state index contributed by atoms with van der Waals surface area (Å²) < 4.78 is 103. The summed E-state index contributed by atoms with van der Waals surface area (Å²) in [4.78, 5) is 30.1. The zero-order chi connectivity index (χ0) is 29.7. The number of hydrogen-bond donors (Lipinski definition) is 2. The molecule has 2 aliphatic rings. The van der Waals surface area contributed by atoms with Gasteiger partial charge in [0.1, 0.15) is 23.3 Å². The predicted octanol–water partition coefficient (Wildman–Crippen LogP) is 4.79. The summed E-state index contributed by atoms with van der Waals surface area (Å²) in [5.41, 5.74) is 0.0886. The highest BCUT2D eigenvalue weighted by atomic mass is 19.4. The van der Waals surface area contributed by atoms with Crippen LogP contribution in [0.15, 0.2) is 34.9 Å². The van der Waals surface area contributed by atoms with Crippen LogP contribution in [0.3, 0.4) is 0 Å². The summed E-state index contributed by atoms with van der Waals surface area (Å²) in [6, 6.07) is 1.20. The number of amides is 3. The largest absolute Gasteiger partial charge is 0.438 e. The normalized spacial score (nSPS) is 20.8. The van der Waals surface area contributed by atoms with Crippen molar-refractivity contribution in [1.82, 2.24) is 30.3 Å². The lowest BCUT2D eigenvalue weighted by molar-refractivity contribution is -0.150. The van der Waals surface area contributed by atoms with Gasteiger partial charge in [-0.05, 0) is 42.5 Å². The van der Waals surface area contributed by atoms with Crippen molar-refractivity contribution in [1.29, 1.82) is 0 Å². The van der Waals surface area contributed by atoms with Crippen molar-refractivity contribution in [3.63, 3.8) is 0 Å². The van der Waals surface area contributed by atoms with Gasteiger partial charge in [0.05, 0.1) is 6.54 Å². The Morgan fingerprint density at radius 1 is 1.20 bits per heavy atom. The molecule has 16 heteroatoms. The minimum absolute atomic E-state index is 0.0936. The Balaban J connectivity index is 1.40. The lowest BCUT2D eigenvalue weighted by Gasteiger charge is -2.33. The van der Waals surface area contributed by atoms with E-state index < -0.39 is 73.0 Å². The summed E-state index contributed by atoms with van der Waals surface area (Å²) in [6.45, 7) is -0.763. The molecule has 2 N–H and O–H groups in total. The molecule has 2 aromatic heterocycles. The number of halogens is 7. The quantitative estimate of drug-likeness (QED) is 0.385. The average molecular weight is 591 g/mol. The molecule has 9 nitrogen and oxygen atoms in total. The number of carbonyl (C=O) groups is 2. The first-order valence-electron chi connectivity index (χ1n) is 12.7. The van der Waals surface area contributed by atoms with E-state index >= 15 is 8.78 Å². The van der Waals surface area contributed by atoms with E-state index in [0.717, 1.165) is 21.8 Å². The van der Waals surface area contributed by atoms with Gasteiger partial charge in [0, 0.05) is 32.6 Å². The topological polar surface area (TPSA) is 105 Å². The van der Waals surface area contributed by atoms with Gasteiger partial charge in [0.15, 0.2) is 5.58 Å². The molecular weight excluding hydrogens is 565 g/mol. The van der Waals surface area contributed by atoms with Crippen LogP contribution in [-0.4, -0.2) is 56.3 Å². The molecule has 0 unspecified atom stereocenters. The number of carbonyl (C=O) groups excluding carboxylic acids is 2. The van der Waals surface area contributed by atoms with Crippen LogP contribution in [0.25, 0.3) is 11.1 Å². The molecule has 2 atom stereocenters. The van der Waals surface area contributed by atoms with E-state index in [1.54, 1.807) is 0 Å². The first-order chi connectivity index (χ1) is 19.1. The third-order valence-electron chi connectivity index (χ3n) is 7.44. The number of aryl methyl sites for hydroxylation is 1. The van der Waals surface area contributed by atoms with Gasteiger partial charge in [-0.25, -0.2) is 18.6 Å². The maximum absolute atomic E-state index is 15.0. The van der Waals surface area contributed by atoms with Gasteiger partial charge in [-0.1, -0.05) is 6.07 Å². The van der Waals surface area contributed by atoms with Crippen molar-refractivity contribution < 1.29 is 44.7 Å². The van der Waals surface area contributed by atoms with Gasteiger partial charge in [-0.2, -0.15) is 27.1 Å². The molecule has 3 heterocycles. The molecule has 1 saturated heterocycles. The smallest absolute Gasteiger partial charge is 0.410 e. The second kappa shape index (κ2) is 10.2. The van der Waals surface area contributed by atoms with E-state index in [0.29, 0.717) is 5.56 Å². The molecule has 5 rings (SSSR count). The van der Waals surface area contributed by atoms with Crippen LogP contribution < -0.4 is 10.6 Å². The zero-order valence-corrected chi connectivity index (χ0v) is 21.5. The highest BCUT2D eigenvalue weighted by molar-refractivity contribution is 5.84. The fourth-order valence-corrected chi connectivity index (χ4v) is 5.16. The van der Waals surface area contributed by atoms with Crippen LogP contribution in [0.2, 0.25) is 0 Å². The van der Waals surface area contributed by atoms with Crippen LogP contribution in [-0.2, 0) is 24.3 Å². The summed E-state index contributed by atoms with van der Waals surface area (Å²) in [5, 5.41) is 7.78. The number of fused-ring (bicyclic) bond motifs is 1. The molecule has 1 aliphatic heterocycles. The molecule has 3 amide bonds. The molecule has 0 radical (unpaired) electrons. The maximum atomic E-state index is 15.0. The molecular formula is C25H25F7N6O3. The van der Waals surface area contributed by atoms with Crippen molar-refractivity contribution in [3.05, 3.63) is 47.6 Å². The molecule has 1 aliphatic carbocycles. The summed E-state index contributed by atoms with van der Waals surface area (Å²) >= 11 is 0. The number of aromatic nitrogens is 3. The van der Waals surface area contributed by atoms with Crippen molar-refractivity contribution in [2.45, 2.75) is 62.3 Å². The van der Waals surface area contributed by atoms with E-state index in [9.17, 15) is 31.5 Å². The minimum atomic E-state index is -4.61. The third kappa shape index (κ3) is 5.81. The Kier molecular flexibility index (Phi) is 7.14. The Morgan fingerprint density at radius 2 is 1.90 bits per heavy atom. The van der Waals surface area contributed by atoms with Gasteiger partial charge >= 0.3 is 18.1 Å². The van der Waals surface area contributed by atoms with E-state index in [1.807, 2.05) is 5.32 Å². The van der Waals surface area contributed by atoms with Gasteiger partial charge < -0.3 is 20.0 Å². The number of benzene rings is 1. The summed E-state index contributed by atoms with van der Waals surface area (Å²) in [6.07, 6.45) is -4.71. The van der Waals surface area contributed by atoms with Gasteiger partial charge in [0.2, 0.25) is 11.8 Å². The third-order valence-corrected chi connectivity index (χ3v) is 7.44. The van der Waals surface area contributed by atoms with Crippen molar-refractivity contribution in [2.24, 2.45) is 13.0 Å². The number of nitrogens with one attached hydrogen (secondary N) is 2. The Hall–Kier alpha value is -3.85. The fourth-order valence-electron chi connectivity index (χ4n) is 5.16. The van der Waals surface area contributed by atoms with Gasteiger partial charge in [-0.3, -0.25) is 9.48 Å². The van der Waals surface area contributed by atoms with E-state index in [4.69, 9.17) is 4.42 Å². The molecule has 41 heavy (non-hydrogen) atoms. The first-order valence-corrected chi connectivity index (χ1v) is 12.7. The molecule has 0 bridgehead atoms. The monoisotopic (exact) mass is 590 g/mol. The summed E-state index contributed by atoms with van der Waals surface area (Å²) in [5.74, 6) is -9.50. The number of nitrogens with zero attached hydrogens (tertiary/aromatic N) is 4. The van der Waals surface area contributed by atoms with E-state index in [2.05, 4.69) is 15.4 Å². The predicted molar refractivity (Wildman–Crippen MR) is 128 cm³/mol. The number of urea groups is 1. The second-order valence-electron chi connectivity index (χ2n) is 10.3. The van der Waals surface area contributed by atoms with Crippen LogP contribution in [0.4, 0.5) is 35.5 Å². The summed E-state index contributed by atoms with van der Waals surface area (Å²) in [7, 11) is 1.24. The Morgan fingerprint density at radius 3 is 2.51 bits per heavy atom.